The van der Waals surface area contributed by atoms with Crippen molar-refractivity contribution < 1.29 is 4.79 Å². The summed E-state index contributed by atoms with van der Waals surface area (Å²) in [7, 11) is 2.15. The molecule has 0 saturated carbocycles. The number of carbonyl (C=O) groups is 1. The smallest absolute Gasteiger partial charge is 0.264 e. The highest BCUT2D eigenvalue weighted by Gasteiger charge is 2.28. The minimum absolute atomic E-state index is 0.134. The summed E-state index contributed by atoms with van der Waals surface area (Å²) in [6.45, 7) is 10.3. The summed E-state index contributed by atoms with van der Waals surface area (Å²) in [5.41, 5.74) is 2.35. The lowest BCUT2D eigenvalue weighted by molar-refractivity contribution is 0.0632. The third-order valence-electron chi connectivity index (χ3n) is 6.61. The number of hydrogen-bond acceptors (Lipinski definition) is 7. The molecule has 1 aromatic carbocycles. The Morgan fingerprint density at radius 1 is 0.969 bits per heavy atom. The fourth-order valence-electron chi connectivity index (χ4n) is 4.61. The maximum Gasteiger partial charge on any atom is 0.264 e. The molecule has 2 aliphatic heterocycles. The highest BCUT2D eigenvalue weighted by atomic mass is 32.1. The molecule has 7 nitrogen and oxygen atoms in total. The summed E-state index contributed by atoms with van der Waals surface area (Å²) in [6.07, 6.45) is 1.64. The van der Waals surface area contributed by atoms with Crippen molar-refractivity contribution in [2.45, 2.75) is 13.5 Å². The van der Waals surface area contributed by atoms with Crippen molar-refractivity contribution in [3.63, 3.8) is 0 Å². The first-order chi connectivity index (χ1) is 15.6. The van der Waals surface area contributed by atoms with Gasteiger partial charge in [-0.3, -0.25) is 9.69 Å². The van der Waals surface area contributed by atoms with Crippen molar-refractivity contribution in [3.05, 3.63) is 52.7 Å². The number of aryl methyl sites for hydroxylation is 1. The van der Waals surface area contributed by atoms with E-state index in [1.54, 1.807) is 6.33 Å². The van der Waals surface area contributed by atoms with E-state index < -0.39 is 0 Å². The van der Waals surface area contributed by atoms with Crippen LogP contribution in [0.2, 0.25) is 0 Å². The Hall–Kier alpha value is -2.55. The number of rotatable bonds is 4. The van der Waals surface area contributed by atoms with E-state index in [2.05, 4.69) is 62.9 Å². The Morgan fingerprint density at radius 3 is 2.41 bits per heavy atom. The first kappa shape index (κ1) is 21.3. The Morgan fingerprint density at radius 2 is 1.69 bits per heavy atom. The lowest BCUT2D eigenvalue weighted by Crippen LogP contribution is -2.48. The Labute approximate surface area is 193 Å². The van der Waals surface area contributed by atoms with Crippen molar-refractivity contribution in [1.82, 2.24) is 24.7 Å². The van der Waals surface area contributed by atoms with Crippen molar-refractivity contribution in [1.29, 1.82) is 0 Å². The topological polar surface area (TPSA) is 55.8 Å². The largest absolute Gasteiger partial charge is 0.353 e. The predicted octanol–water partition coefficient (Wildman–Crippen LogP) is 2.71. The molecule has 2 saturated heterocycles. The van der Waals surface area contributed by atoms with Gasteiger partial charge in [-0.05, 0) is 25.1 Å². The summed E-state index contributed by atoms with van der Waals surface area (Å²) < 4.78 is 0. The molecule has 0 unspecified atom stereocenters. The Kier molecular flexibility index (Phi) is 6.08. The number of anilines is 1. The van der Waals surface area contributed by atoms with Gasteiger partial charge in [0.05, 0.1) is 10.3 Å². The van der Waals surface area contributed by atoms with Crippen LogP contribution in [0.5, 0.6) is 0 Å². The summed E-state index contributed by atoms with van der Waals surface area (Å²) in [5.74, 6) is 1.11. The van der Waals surface area contributed by atoms with Gasteiger partial charge in [0.1, 0.15) is 17.0 Å². The van der Waals surface area contributed by atoms with Gasteiger partial charge in [-0.15, -0.1) is 11.3 Å². The number of piperazine rings is 2. The molecule has 168 valence electrons. The quantitative estimate of drug-likeness (QED) is 0.609. The zero-order chi connectivity index (χ0) is 22.1. The maximum atomic E-state index is 13.4. The maximum absolute atomic E-state index is 13.4. The number of nitrogens with zero attached hydrogens (tertiary/aromatic N) is 6. The highest BCUT2D eigenvalue weighted by Crippen LogP contribution is 2.36. The number of amides is 1. The highest BCUT2D eigenvalue weighted by molar-refractivity contribution is 7.20. The molecule has 0 radical (unpaired) electrons. The molecule has 32 heavy (non-hydrogen) atoms. The van der Waals surface area contributed by atoms with E-state index in [9.17, 15) is 4.79 Å². The predicted molar refractivity (Wildman–Crippen MR) is 129 cm³/mol. The van der Waals surface area contributed by atoms with Gasteiger partial charge in [-0.1, -0.05) is 30.3 Å². The van der Waals surface area contributed by atoms with Gasteiger partial charge in [-0.25, -0.2) is 9.97 Å². The van der Waals surface area contributed by atoms with Crippen LogP contribution in [0.15, 0.2) is 36.7 Å². The van der Waals surface area contributed by atoms with Crippen molar-refractivity contribution in [2.75, 3.05) is 64.3 Å². The molecule has 0 spiro atoms. The van der Waals surface area contributed by atoms with Crippen LogP contribution in [0.3, 0.4) is 0 Å². The minimum atomic E-state index is 0.134. The third kappa shape index (κ3) is 4.22. The van der Waals surface area contributed by atoms with E-state index >= 15 is 0 Å². The molecule has 2 fully saturated rings. The number of thiophene rings is 1. The average molecular weight is 451 g/mol. The van der Waals surface area contributed by atoms with Crippen LogP contribution >= 0.6 is 11.3 Å². The summed E-state index contributed by atoms with van der Waals surface area (Å²) >= 11 is 1.51. The second kappa shape index (κ2) is 9.13. The van der Waals surface area contributed by atoms with Gasteiger partial charge < -0.3 is 14.7 Å². The van der Waals surface area contributed by atoms with E-state index in [0.29, 0.717) is 0 Å². The standard InChI is InChI=1S/C24H30N6OS/c1-18-20-22(29-12-8-27(2)9-13-29)25-17-26-23(20)32-21(18)24(31)30-14-10-28(11-15-30)16-19-6-4-3-5-7-19/h3-7,17H,8-16H2,1-2H3. The van der Waals surface area contributed by atoms with Crippen molar-refractivity contribution >= 4 is 33.3 Å². The lowest BCUT2D eigenvalue weighted by atomic mass is 10.1. The van der Waals surface area contributed by atoms with Crippen molar-refractivity contribution in [3.8, 4) is 0 Å². The van der Waals surface area contributed by atoms with Gasteiger partial charge in [0.25, 0.3) is 5.91 Å². The second-order valence-electron chi connectivity index (χ2n) is 8.78. The van der Waals surface area contributed by atoms with Gasteiger partial charge >= 0.3 is 0 Å². The fourth-order valence-corrected chi connectivity index (χ4v) is 5.72. The third-order valence-corrected chi connectivity index (χ3v) is 7.80. The van der Waals surface area contributed by atoms with E-state index in [0.717, 1.165) is 85.4 Å². The summed E-state index contributed by atoms with van der Waals surface area (Å²) in [6, 6.07) is 10.5. The normalized spacial score (nSPS) is 18.4. The van der Waals surface area contributed by atoms with Crippen LogP contribution < -0.4 is 4.90 Å². The van der Waals surface area contributed by atoms with Crippen LogP contribution in [0.4, 0.5) is 5.82 Å². The first-order valence-corrected chi connectivity index (χ1v) is 12.1. The van der Waals surface area contributed by atoms with E-state index in [4.69, 9.17) is 0 Å². The van der Waals surface area contributed by atoms with Crippen LogP contribution in [0.25, 0.3) is 10.2 Å². The van der Waals surface area contributed by atoms with Gasteiger partial charge in [0.15, 0.2) is 0 Å². The Bertz CT molecular complexity index is 1080. The molecule has 0 aliphatic carbocycles. The number of aromatic nitrogens is 2. The SMILES string of the molecule is Cc1c(C(=O)N2CCN(Cc3ccccc3)CC2)sc2ncnc(N3CCN(C)CC3)c12. The fraction of sp³-hybridized carbons (Fsp3) is 0.458. The van der Waals surface area contributed by atoms with Crippen LogP contribution in [0, 0.1) is 6.92 Å². The number of fused-ring (bicyclic) bond motifs is 1. The van der Waals surface area contributed by atoms with Crippen LogP contribution in [-0.2, 0) is 6.54 Å². The number of likely N-dealkylation sites (N-methyl/N-ethyl adjacent to an activating group) is 1. The molecule has 1 amide bonds. The molecule has 0 atom stereocenters. The monoisotopic (exact) mass is 450 g/mol. The molecule has 4 heterocycles. The second-order valence-corrected chi connectivity index (χ2v) is 9.78. The lowest BCUT2D eigenvalue weighted by Gasteiger charge is -2.34. The van der Waals surface area contributed by atoms with Crippen LogP contribution in [0.1, 0.15) is 20.8 Å². The Balaban J connectivity index is 1.31. The molecule has 0 bridgehead atoms. The van der Waals surface area contributed by atoms with E-state index in [-0.39, 0.29) is 5.91 Å². The van der Waals surface area contributed by atoms with Crippen molar-refractivity contribution in [2.24, 2.45) is 0 Å². The molecule has 8 heteroatoms. The molecular weight excluding hydrogens is 420 g/mol. The molecule has 0 N–H and O–H groups in total. The van der Waals surface area contributed by atoms with Gasteiger partial charge in [-0.2, -0.15) is 0 Å². The minimum Gasteiger partial charge on any atom is -0.353 e. The zero-order valence-corrected chi connectivity index (χ0v) is 19.6. The zero-order valence-electron chi connectivity index (χ0n) is 18.8. The van der Waals surface area contributed by atoms with E-state index in [1.807, 2.05) is 11.0 Å². The first-order valence-electron chi connectivity index (χ1n) is 11.3. The summed E-state index contributed by atoms with van der Waals surface area (Å²) in [4.78, 5) is 33.4. The molecule has 3 aromatic rings. The number of carbonyl (C=O) groups excluding carboxylic acids is 1. The van der Waals surface area contributed by atoms with Gasteiger partial charge in [0, 0.05) is 58.9 Å². The molecule has 5 rings (SSSR count). The molecule has 2 aromatic heterocycles. The molecular formula is C24H30N6OS. The number of benzene rings is 1. The van der Waals surface area contributed by atoms with E-state index in [1.165, 1.54) is 16.9 Å². The average Bonchev–Trinajstić information content (AvgIpc) is 3.17. The number of hydrogen-bond donors (Lipinski definition) is 0. The molecule has 2 aliphatic rings. The van der Waals surface area contributed by atoms with Crippen LogP contribution in [-0.4, -0.2) is 90.0 Å². The summed E-state index contributed by atoms with van der Waals surface area (Å²) in [5, 5.41) is 1.05. The van der Waals surface area contributed by atoms with Gasteiger partial charge in [0.2, 0.25) is 0 Å².